The monoisotopic (exact) mass is 214 g/mol. The predicted octanol–water partition coefficient (Wildman–Crippen LogP) is 1.70. The Kier molecular flexibility index (Phi) is 2.81. The summed E-state index contributed by atoms with van der Waals surface area (Å²) < 4.78 is 18.6. The van der Waals surface area contributed by atoms with Crippen LogP contribution >= 0.6 is 11.3 Å². The molecule has 3 nitrogen and oxygen atoms in total. The summed E-state index contributed by atoms with van der Waals surface area (Å²) in [5.41, 5.74) is 2.56. The molecule has 1 unspecified atom stereocenters. The molecule has 0 radical (unpaired) electrons. The van der Waals surface area contributed by atoms with Crippen LogP contribution in [-0.4, -0.2) is 6.61 Å². The Labute approximate surface area is 85.3 Å². The molecule has 76 valence electrons. The predicted molar refractivity (Wildman–Crippen MR) is 53.0 cm³/mol. The van der Waals surface area contributed by atoms with Crippen molar-refractivity contribution in [3.63, 3.8) is 0 Å². The van der Waals surface area contributed by atoms with Crippen LogP contribution in [0.3, 0.4) is 0 Å². The second-order valence-corrected chi connectivity index (χ2v) is 3.92. The van der Waals surface area contributed by atoms with Gasteiger partial charge in [-0.2, -0.15) is 0 Å². The Morgan fingerprint density at radius 1 is 1.64 bits per heavy atom. The van der Waals surface area contributed by atoms with E-state index in [1.54, 1.807) is 5.38 Å². The highest BCUT2D eigenvalue weighted by Gasteiger charge is 2.23. The van der Waals surface area contributed by atoms with Crippen LogP contribution in [0.2, 0.25) is 0 Å². The highest BCUT2D eigenvalue weighted by molar-refractivity contribution is 7.10. The first-order valence-corrected chi connectivity index (χ1v) is 5.22. The Balaban J connectivity index is 2.25. The van der Waals surface area contributed by atoms with Gasteiger partial charge in [0.05, 0.1) is 11.5 Å². The summed E-state index contributed by atoms with van der Waals surface area (Å²) in [6.45, 7) is 0.653. The lowest BCUT2D eigenvalue weighted by Gasteiger charge is -2.15. The minimum atomic E-state index is -0.350. The van der Waals surface area contributed by atoms with Crippen molar-refractivity contribution in [2.75, 3.05) is 6.61 Å². The van der Waals surface area contributed by atoms with Gasteiger partial charge in [-0.3, -0.25) is 5.84 Å². The van der Waals surface area contributed by atoms with Crippen LogP contribution in [0.4, 0.5) is 4.39 Å². The highest BCUT2D eigenvalue weighted by Crippen LogP contribution is 2.30. The van der Waals surface area contributed by atoms with Crippen molar-refractivity contribution in [2.24, 2.45) is 5.84 Å². The summed E-state index contributed by atoms with van der Waals surface area (Å²) in [5, 5.41) is 1.70. The van der Waals surface area contributed by atoms with Gasteiger partial charge in [-0.05, 0) is 17.5 Å². The maximum absolute atomic E-state index is 13.3. The van der Waals surface area contributed by atoms with Gasteiger partial charge in [0.1, 0.15) is 17.6 Å². The lowest BCUT2D eigenvalue weighted by Crippen LogP contribution is -2.29. The molecule has 0 aromatic carbocycles. The average molecular weight is 214 g/mol. The third-order valence-corrected chi connectivity index (χ3v) is 3.05. The van der Waals surface area contributed by atoms with Gasteiger partial charge in [0.15, 0.2) is 0 Å². The zero-order valence-corrected chi connectivity index (χ0v) is 8.31. The lowest BCUT2D eigenvalue weighted by molar-refractivity contribution is 0.215. The minimum Gasteiger partial charge on any atom is -0.496 e. The summed E-state index contributed by atoms with van der Waals surface area (Å²) in [7, 11) is 0. The molecule has 14 heavy (non-hydrogen) atoms. The highest BCUT2D eigenvalue weighted by atomic mass is 32.1. The molecule has 0 fully saturated rings. The average Bonchev–Trinajstić information content (AvgIpc) is 2.80. The zero-order valence-electron chi connectivity index (χ0n) is 7.50. The molecule has 2 rings (SSSR count). The first-order chi connectivity index (χ1) is 6.83. The Bertz CT molecular complexity index is 350. The van der Waals surface area contributed by atoms with Crippen molar-refractivity contribution in [1.29, 1.82) is 0 Å². The van der Waals surface area contributed by atoms with Gasteiger partial charge in [0.25, 0.3) is 0 Å². The maximum atomic E-state index is 13.3. The van der Waals surface area contributed by atoms with E-state index in [4.69, 9.17) is 10.6 Å². The molecule has 1 aliphatic heterocycles. The van der Waals surface area contributed by atoms with Crippen molar-refractivity contribution < 1.29 is 9.13 Å². The van der Waals surface area contributed by atoms with Crippen LogP contribution in [0.25, 0.3) is 0 Å². The molecular formula is C9H11FN2OS. The number of hydrazine groups is 1. The van der Waals surface area contributed by atoms with Gasteiger partial charge in [-0.15, -0.1) is 11.3 Å². The first-order valence-electron chi connectivity index (χ1n) is 4.35. The van der Waals surface area contributed by atoms with E-state index in [1.165, 1.54) is 17.4 Å². The van der Waals surface area contributed by atoms with E-state index >= 15 is 0 Å². The number of ether oxygens (including phenoxy) is 1. The summed E-state index contributed by atoms with van der Waals surface area (Å²) in [6, 6.07) is 1.08. The Morgan fingerprint density at radius 3 is 3.00 bits per heavy atom. The Hall–Kier alpha value is -0.910. The molecular weight excluding hydrogens is 203 g/mol. The van der Waals surface area contributed by atoms with Crippen LogP contribution in [0.5, 0.6) is 0 Å². The molecule has 0 spiro atoms. The molecule has 1 aromatic heterocycles. The fraction of sp³-hybridized carbons (Fsp3) is 0.333. The van der Waals surface area contributed by atoms with Crippen LogP contribution in [0, 0.1) is 5.82 Å². The van der Waals surface area contributed by atoms with Crippen molar-refractivity contribution in [2.45, 2.75) is 12.5 Å². The van der Waals surface area contributed by atoms with Crippen molar-refractivity contribution in [3.8, 4) is 0 Å². The van der Waals surface area contributed by atoms with Crippen LogP contribution in [0.15, 0.2) is 23.3 Å². The zero-order chi connectivity index (χ0) is 9.97. The van der Waals surface area contributed by atoms with Gasteiger partial charge < -0.3 is 4.74 Å². The summed E-state index contributed by atoms with van der Waals surface area (Å²) in [6.07, 6.45) is 2.80. The fourth-order valence-electron chi connectivity index (χ4n) is 1.44. The molecule has 1 aromatic rings. The number of rotatable bonds is 3. The van der Waals surface area contributed by atoms with Gasteiger partial charge in [0.2, 0.25) is 0 Å². The van der Waals surface area contributed by atoms with Gasteiger partial charge >= 0.3 is 0 Å². The number of thiophene rings is 1. The third kappa shape index (κ3) is 1.66. The van der Waals surface area contributed by atoms with E-state index in [-0.39, 0.29) is 11.9 Å². The fourth-order valence-corrected chi connectivity index (χ4v) is 2.27. The summed E-state index contributed by atoms with van der Waals surface area (Å²) >= 11 is 1.33. The van der Waals surface area contributed by atoms with Crippen molar-refractivity contribution in [1.82, 2.24) is 5.43 Å². The maximum Gasteiger partial charge on any atom is 0.139 e. The molecule has 1 atom stereocenters. The molecule has 1 aliphatic rings. The summed E-state index contributed by atoms with van der Waals surface area (Å²) in [4.78, 5) is 0.570. The van der Waals surface area contributed by atoms with Gasteiger partial charge in [-0.1, -0.05) is 0 Å². The molecule has 0 saturated heterocycles. The first kappa shape index (κ1) is 9.64. The number of hydrogen-bond acceptors (Lipinski definition) is 4. The molecule has 0 aliphatic carbocycles. The topological polar surface area (TPSA) is 47.3 Å². The normalized spacial score (nSPS) is 17.7. The SMILES string of the molecule is NNC(C1=CCCO1)c1sccc1F. The molecule has 5 heteroatoms. The lowest BCUT2D eigenvalue weighted by atomic mass is 10.2. The minimum absolute atomic E-state index is 0.241. The van der Waals surface area contributed by atoms with Crippen molar-refractivity contribution in [3.05, 3.63) is 34.0 Å². The number of halogens is 1. The van der Waals surface area contributed by atoms with E-state index < -0.39 is 0 Å². The van der Waals surface area contributed by atoms with E-state index in [9.17, 15) is 4.39 Å². The van der Waals surface area contributed by atoms with Crippen LogP contribution < -0.4 is 11.3 Å². The van der Waals surface area contributed by atoms with Crippen molar-refractivity contribution >= 4 is 11.3 Å². The van der Waals surface area contributed by atoms with E-state index in [1.807, 2.05) is 6.08 Å². The van der Waals surface area contributed by atoms with E-state index in [0.29, 0.717) is 17.2 Å². The van der Waals surface area contributed by atoms with Crippen LogP contribution in [0.1, 0.15) is 17.3 Å². The molecule has 0 bridgehead atoms. The van der Waals surface area contributed by atoms with Gasteiger partial charge in [-0.25, -0.2) is 9.82 Å². The van der Waals surface area contributed by atoms with Crippen LogP contribution in [-0.2, 0) is 4.74 Å². The summed E-state index contributed by atoms with van der Waals surface area (Å²) in [5.74, 6) is 5.86. The van der Waals surface area contributed by atoms with E-state index in [0.717, 1.165) is 6.42 Å². The number of nitrogens with two attached hydrogens (primary N) is 1. The largest absolute Gasteiger partial charge is 0.496 e. The molecule has 0 saturated carbocycles. The Morgan fingerprint density at radius 2 is 2.50 bits per heavy atom. The van der Waals surface area contributed by atoms with Gasteiger partial charge in [0, 0.05) is 6.42 Å². The van der Waals surface area contributed by atoms with E-state index in [2.05, 4.69) is 5.43 Å². The number of hydrogen-bond donors (Lipinski definition) is 2. The smallest absolute Gasteiger partial charge is 0.139 e. The second kappa shape index (κ2) is 4.08. The molecule has 3 N–H and O–H groups in total. The molecule has 0 amide bonds. The third-order valence-electron chi connectivity index (χ3n) is 2.09. The standard InChI is InChI=1S/C9H11FN2OS/c10-6-3-5-14-9(6)8(12-11)7-2-1-4-13-7/h2-3,5,8,12H,1,4,11H2. The quantitative estimate of drug-likeness (QED) is 0.594. The number of nitrogens with one attached hydrogen (secondary N) is 1. The second-order valence-electron chi connectivity index (χ2n) is 2.98. The molecule has 2 heterocycles.